The molecule has 1 aromatic heterocycles. The van der Waals surface area contributed by atoms with Crippen LogP contribution in [0.1, 0.15) is 263 Å². The van der Waals surface area contributed by atoms with Crippen molar-refractivity contribution >= 4 is 0 Å². The molecule has 0 radical (unpaired) electrons. The van der Waals surface area contributed by atoms with Gasteiger partial charge in [0.2, 0.25) is 0 Å². The van der Waals surface area contributed by atoms with Crippen molar-refractivity contribution in [2.24, 2.45) is 0 Å². The molecule has 0 saturated carbocycles. The highest BCUT2D eigenvalue weighted by Crippen LogP contribution is 2.45. The highest BCUT2D eigenvalue weighted by molar-refractivity contribution is 5.86. The van der Waals surface area contributed by atoms with E-state index in [1.165, 1.54) is 83.5 Å². The molecule has 0 amide bonds. The van der Waals surface area contributed by atoms with E-state index < -0.39 is 0 Å². The molecule has 9 rings (SSSR count). The zero-order chi connectivity index (χ0) is 69.8. The van der Waals surface area contributed by atoms with Gasteiger partial charge in [-0.25, -0.2) is 9.97 Å². The van der Waals surface area contributed by atoms with Gasteiger partial charge in [0.05, 0.1) is 11.4 Å². The molecule has 0 spiro atoms. The third-order valence-corrected chi connectivity index (χ3v) is 19.3. The third-order valence-electron chi connectivity index (χ3n) is 19.3. The molecule has 0 saturated heterocycles. The van der Waals surface area contributed by atoms with Crippen molar-refractivity contribution in [1.82, 2.24) is 9.97 Å². The summed E-state index contributed by atoms with van der Waals surface area (Å²) in [6.45, 7) is 70.1. The molecule has 0 aliphatic rings. The Morgan fingerprint density at radius 2 is 0.319 bits per heavy atom. The monoisotopic (exact) mass is 1250 g/mol. The molecule has 0 unspecified atom stereocenters. The fourth-order valence-electron chi connectivity index (χ4n) is 12.2. The number of nitrogens with zero attached hydrogens (tertiary/aromatic N) is 2. The van der Waals surface area contributed by atoms with Crippen LogP contribution >= 0.6 is 0 Å². The van der Waals surface area contributed by atoms with Crippen LogP contribution in [0.25, 0.3) is 89.5 Å². The third kappa shape index (κ3) is 16.4. The molecule has 0 atom stereocenters. The zero-order valence-corrected chi connectivity index (χ0v) is 63.9. The van der Waals surface area contributed by atoms with E-state index in [9.17, 15) is 0 Å². The van der Waals surface area contributed by atoms with Crippen molar-refractivity contribution in [2.45, 2.75) is 262 Å². The van der Waals surface area contributed by atoms with Crippen LogP contribution in [0.15, 0.2) is 158 Å². The first-order valence-electron chi connectivity index (χ1n) is 34.9. The van der Waals surface area contributed by atoms with E-state index in [4.69, 9.17) is 9.97 Å². The second kappa shape index (κ2) is 24.5. The average molecular weight is 1250 g/mol. The minimum Gasteiger partial charge on any atom is -0.228 e. The molecule has 9 aromatic rings. The van der Waals surface area contributed by atoms with Crippen molar-refractivity contribution in [1.29, 1.82) is 0 Å². The van der Waals surface area contributed by atoms with Crippen molar-refractivity contribution in [3.63, 3.8) is 0 Å². The molecule has 0 aliphatic carbocycles. The van der Waals surface area contributed by atoms with E-state index in [2.05, 4.69) is 365 Å². The van der Waals surface area contributed by atoms with Gasteiger partial charge in [0, 0.05) is 16.7 Å². The minimum atomic E-state index is -0.0788. The van der Waals surface area contributed by atoms with Gasteiger partial charge < -0.3 is 0 Å². The Bertz CT molecular complexity index is 3740. The molecule has 2 nitrogen and oxygen atoms in total. The van der Waals surface area contributed by atoms with E-state index in [1.54, 1.807) is 0 Å². The first-order chi connectivity index (χ1) is 42.8. The van der Waals surface area contributed by atoms with Crippen LogP contribution in [0.2, 0.25) is 0 Å². The summed E-state index contributed by atoms with van der Waals surface area (Å²) in [5, 5.41) is 0. The van der Waals surface area contributed by atoms with Crippen molar-refractivity contribution in [2.75, 3.05) is 0 Å². The molecule has 94 heavy (non-hydrogen) atoms. The minimum absolute atomic E-state index is 0.0454. The van der Waals surface area contributed by atoms with Crippen LogP contribution in [-0.4, -0.2) is 9.97 Å². The molecule has 2 heteroatoms. The Hall–Kier alpha value is -7.16. The van der Waals surface area contributed by atoms with Gasteiger partial charge in [-0.3, -0.25) is 0 Å². The zero-order valence-electron chi connectivity index (χ0n) is 63.9. The Balaban J connectivity index is 1.45. The summed E-state index contributed by atoms with van der Waals surface area (Å²) in [6, 6.07) is 62.3. The van der Waals surface area contributed by atoms with Gasteiger partial charge in [0.15, 0.2) is 5.82 Å². The van der Waals surface area contributed by atoms with Gasteiger partial charge >= 0.3 is 0 Å². The highest BCUT2D eigenvalue weighted by atomic mass is 14.9. The summed E-state index contributed by atoms with van der Waals surface area (Å²) in [4.78, 5) is 11.7. The lowest BCUT2D eigenvalue weighted by Crippen LogP contribution is -2.16. The van der Waals surface area contributed by atoms with E-state index in [-0.39, 0.29) is 54.1 Å². The lowest BCUT2D eigenvalue weighted by atomic mass is 9.78. The Labute approximate surface area is 571 Å². The molecule has 1 heterocycles. The summed E-state index contributed by atoms with van der Waals surface area (Å²) >= 11 is 0. The van der Waals surface area contributed by atoms with E-state index in [0.29, 0.717) is 5.82 Å². The Morgan fingerprint density at radius 1 is 0.160 bits per heavy atom. The summed E-state index contributed by atoms with van der Waals surface area (Å²) in [6.07, 6.45) is 0. The van der Waals surface area contributed by atoms with Gasteiger partial charge in [0.25, 0.3) is 0 Å². The normalized spacial score (nSPS) is 13.4. The van der Waals surface area contributed by atoms with Crippen LogP contribution in [0, 0.1) is 0 Å². The lowest BCUT2D eigenvalue weighted by molar-refractivity contribution is 0.568. The summed E-state index contributed by atoms with van der Waals surface area (Å²) in [5.74, 6) is 0.681. The Kier molecular flexibility index (Phi) is 18.5. The SMILES string of the molecule is CC(C)(C)c1cc(-c2cc(-c3cc(C(C)(C)C)cc(C(C)(C)C)c3)cc(-c3cc(-c4cc(-c5cc(C(C)(C)C)cc(C(C)(C)C)c5)cc(-c5cc(C(C)(C)C)cc(C(C)(C)C)c5)c4)nc(-c4cccc(-c5cc(C(C)(C)C)cc(C(C)(C)C)c5)c4)n3)c2)cc(C(C)(C)C)c1. The molecule has 0 fully saturated rings. The summed E-state index contributed by atoms with van der Waals surface area (Å²) in [7, 11) is 0. The van der Waals surface area contributed by atoms with Crippen LogP contribution in [0.3, 0.4) is 0 Å². The van der Waals surface area contributed by atoms with Crippen molar-refractivity contribution in [3.05, 3.63) is 213 Å². The standard InChI is InChI=1S/C92H116N2/c1-83(2,3)70-41-63(42-71(51-70)84(4,5)6)57-32-31-33-58(34-57)82-93-80(68-37-59(64-43-72(85(7,8)9)52-73(44-64)86(10,11)12)35-60(38-68)65-45-74(87(13,14)15)53-75(46-65)88(16,17)18)56-81(94-82)69-39-61(66-47-76(89(19,20)21)54-77(48-66)90(22,23)24)36-62(40-69)67-49-78(91(25,26)27)55-79(50-67)92(28,29)30/h31-56H,1-30H3. The second-order valence-electron chi connectivity index (χ2n) is 38.1. The molecule has 0 bridgehead atoms. The van der Waals surface area contributed by atoms with Crippen LogP contribution in [-0.2, 0) is 54.1 Å². The molecule has 8 aromatic carbocycles. The maximum absolute atomic E-state index is 5.85. The van der Waals surface area contributed by atoms with Crippen molar-refractivity contribution in [3.8, 4) is 89.5 Å². The van der Waals surface area contributed by atoms with Crippen LogP contribution in [0.4, 0.5) is 0 Å². The van der Waals surface area contributed by atoms with Gasteiger partial charge in [-0.05, 0) is 214 Å². The largest absolute Gasteiger partial charge is 0.228 e. The average Bonchev–Trinajstić information content (AvgIpc) is 0.773. The quantitative estimate of drug-likeness (QED) is 0.152. The summed E-state index contributed by atoms with van der Waals surface area (Å²) in [5.41, 5.74) is 29.0. The summed E-state index contributed by atoms with van der Waals surface area (Å²) < 4.78 is 0. The van der Waals surface area contributed by atoms with E-state index in [1.807, 2.05) is 0 Å². The Morgan fingerprint density at radius 3 is 0.521 bits per heavy atom. The molecule has 494 valence electrons. The van der Waals surface area contributed by atoms with Gasteiger partial charge in [-0.2, -0.15) is 0 Å². The van der Waals surface area contributed by atoms with Crippen molar-refractivity contribution < 1.29 is 0 Å². The predicted molar refractivity (Wildman–Crippen MR) is 413 cm³/mol. The maximum Gasteiger partial charge on any atom is 0.160 e. The van der Waals surface area contributed by atoms with E-state index >= 15 is 0 Å². The maximum atomic E-state index is 5.85. The number of rotatable bonds is 8. The van der Waals surface area contributed by atoms with Gasteiger partial charge in [-0.15, -0.1) is 0 Å². The molecule has 0 aliphatic heterocycles. The molecular weight excluding hydrogens is 1130 g/mol. The van der Waals surface area contributed by atoms with Gasteiger partial charge in [0.1, 0.15) is 0 Å². The number of hydrogen-bond donors (Lipinski definition) is 0. The van der Waals surface area contributed by atoms with E-state index in [0.717, 1.165) is 55.9 Å². The first kappa shape index (κ1) is 71.1. The molecular formula is C92H116N2. The topological polar surface area (TPSA) is 25.8 Å². The second-order valence-corrected chi connectivity index (χ2v) is 38.1. The number of hydrogen-bond acceptors (Lipinski definition) is 2. The van der Waals surface area contributed by atoms with Crippen LogP contribution < -0.4 is 0 Å². The molecule has 0 N–H and O–H groups in total. The lowest BCUT2D eigenvalue weighted by Gasteiger charge is -2.27. The number of benzene rings is 8. The first-order valence-corrected chi connectivity index (χ1v) is 34.9. The van der Waals surface area contributed by atoms with Crippen LogP contribution in [0.5, 0.6) is 0 Å². The number of aromatic nitrogens is 2. The fraction of sp³-hybridized carbons (Fsp3) is 0.435. The smallest absolute Gasteiger partial charge is 0.160 e. The highest BCUT2D eigenvalue weighted by Gasteiger charge is 2.29. The van der Waals surface area contributed by atoms with Gasteiger partial charge in [-0.1, -0.05) is 317 Å². The predicted octanol–water partition coefficient (Wildman–Crippen LogP) is 26.8. The fourth-order valence-corrected chi connectivity index (χ4v) is 12.2.